The van der Waals surface area contributed by atoms with Crippen molar-refractivity contribution in [2.24, 2.45) is 0 Å². The van der Waals surface area contributed by atoms with Crippen LogP contribution in [0.1, 0.15) is 24.5 Å². The molecule has 0 bridgehead atoms. The maximum Gasteiger partial charge on any atom is 0.131 e. The Morgan fingerprint density at radius 2 is 1.80 bits per heavy atom. The molecule has 0 aliphatic rings. The van der Waals surface area contributed by atoms with E-state index in [9.17, 15) is 8.78 Å². The van der Waals surface area contributed by atoms with Crippen molar-refractivity contribution in [2.75, 3.05) is 6.54 Å². The van der Waals surface area contributed by atoms with E-state index in [0.29, 0.717) is 12.1 Å². The molecule has 20 heavy (non-hydrogen) atoms. The minimum atomic E-state index is -0.299. The monoisotopic (exact) mass is 275 g/mol. The molecule has 0 saturated heterocycles. The lowest BCUT2D eigenvalue weighted by Gasteiger charge is -2.10. The first-order valence-corrected chi connectivity index (χ1v) is 6.87. The third-order valence-corrected chi connectivity index (χ3v) is 3.27. The van der Waals surface area contributed by atoms with Gasteiger partial charge in [-0.3, -0.25) is 0 Å². The predicted molar refractivity (Wildman–Crippen MR) is 78.5 cm³/mol. The lowest BCUT2D eigenvalue weighted by Crippen LogP contribution is -2.13. The van der Waals surface area contributed by atoms with Gasteiger partial charge in [-0.15, -0.1) is 0 Å². The molecule has 106 valence electrons. The molecule has 0 heterocycles. The van der Waals surface area contributed by atoms with E-state index in [2.05, 4.69) is 12.2 Å². The summed E-state index contributed by atoms with van der Waals surface area (Å²) in [6, 6.07) is 9.51. The smallest absolute Gasteiger partial charge is 0.131 e. The van der Waals surface area contributed by atoms with Gasteiger partial charge in [0.15, 0.2) is 0 Å². The number of benzene rings is 2. The standard InChI is InChI=1S/C17H19F2N/c1-3-8-20-11-13-4-7-17(19)16(10-13)15-6-5-14(18)9-12(15)2/h4-7,9-10,20H,3,8,11H2,1-2H3. The van der Waals surface area contributed by atoms with Crippen LogP contribution >= 0.6 is 0 Å². The molecular weight excluding hydrogens is 256 g/mol. The van der Waals surface area contributed by atoms with Gasteiger partial charge in [0.25, 0.3) is 0 Å². The molecule has 0 atom stereocenters. The van der Waals surface area contributed by atoms with E-state index in [1.165, 1.54) is 18.2 Å². The van der Waals surface area contributed by atoms with Crippen LogP contribution in [-0.2, 0) is 6.54 Å². The second-order valence-corrected chi connectivity index (χ2v) is 4.95. The van der Waals surface area contributed by atoms with Crippen LogP contribution in [0.15, 0.2) is 36.4 Å². The molecule has 0 aromatic heterocycles. The van der Waals surface area contributed by atoms with Crippen molar-refractivity contribution >= 4 is 0 Å². The average molecular weight is 275 g/mol. The molecule has 0 amide bonds. The van der Waals surface area contributed by atoms with Crippen LogP contribution in [0, 0.1) is 18.6 Å². The summed E-state index contributed by atoms with van der Waals surface area (Å²) in [5.74, 6) is -0.577. The zero-order valence-corrected chi connectivity index (χ0v) is 11.8. The first kappa shape index (κ1) is 14.7. The van der Waals surface area contributed by atoms with E-state index in [1.54, 1.807) is 19.1 Å². The molecule has 1 N–H and O–H groups in total. The van der Waals surface area contributed by atoms with Crippen molar-refractivity contribution in [3.8, 4) is 11.1 Å². The summed E-state index contributed by atoms with van der Waals surface area (Å²) < 4.78 is 27.2. The van der Waals surface area contributed by atoms with Gasteiger partial charge in [0.2, 0.25) is 0 Å². The quantitative estimate of drug-likeness (QED) is 0.795. The molecule has 0 spiro atoms. The Kier molecular flexibility index (Phi) is 4.85. The van der Waals surface area contributed by atoms with Crippen molar-refractivity contribution in [2.45, 2.75) is 26.8 Å². The van der Waals surface area contributed by atoms with Gasteiger partial charge >= 0.3 is 0 Å². The molecule has 0 unspecified atom stereocenters. The fourth-order valence-corrected chi connectivity index (χ4v) is 2.23. The van der Waals surface area contributed by atoms with Crippen molar-refractivity contribution < 1.29 is 8.78 Å². The van der Waals surface area contributed by atoms with Gasteiger partial charge in [0.1, 0.15) is 11.6 Å². The van der Waals surface area contributed by atoms with Gasteiger partial charge < -0.3 is 5.32 Å². The van der Waals surface area contributed by atoms with Crippen LogP contribution in [-0.4, -0.2) is 6.54 Å². The minimum Gasteiger partial charge on any atom is -0.313 e. The van der Waals surface area contributed by atoms with Crippen LogP contribution in [0.4, 0.5) is 8.78 Å². The number of rotatable bonds is 5. The molecule has 2 rings (SSSR count). The van der Waals surface area contributed by atoms with E-state index in [4.69, 9.17) is 0 Å². The van der Waals surface area contributed by atoms with Crippen LogP contribution in [0.5, 0.6) is 0 Å². The lowest BCUT2D eigenvalue weighted by atomic mass is 9.98. The van der Waals surface area contributed by atoms with Gasteiger partial charge in [0.05, 0.1) is 0 Å². The molecule has 0 saturated carbocycles. The first-order chi connectivity index (χ1) is 9.61. The summed E-state index contributed by atoms with van der Waals surface area (Å²) in [5.41, 5.74) is 3.03. The van der Waals surface area contributed by atoms with E-state index in [-0.39, 0.29) is 11.6 Å². The highest BCUT2D eigenvalue weighted by Crippen LogP contribution is 2.27. The maximum atomic E-state index is 14.0. The first-order valence-electron chi connectivity index (χ1n) is 6.87. The van der Waals surface area contributed by atoms with Gasteiger partial charge in [-0.25, -0.2) is 8.78 Å². The van der Waals surface area contributed by atoms with E-state index in [0.717, 1.165) is 29.7 Å². The highest BCUT2D eigenvalue weighted by molar-refractivity contribution is 5.68. The van der Waals surface area contributed by atoms with Gasteiger partial charge in [-0.2, -0.15) is 0 Å². The molecule has 2 aromatic carbocycles. The lowest BCUT2D eigenvalue weighted by molar-refractivity contribution is 0.623. The second kappa shape index (κ2) is 6.62. The number of hydrogen-bond donors (Lipinski definition) is 1. The van der Waals surface area contributed by atoms with Crippen molar-refractivity contribution in [3.05, 3.63) is 59.2 Å². The molecule has 0 aliphatic heterocycles. The number of aryl methyl sites for hydroxylation is 1. The zero-order valence-electron chi connectivity index (χ0n) is 11.8. The highest BCUT2D eigenvalue weighted by atomic mass is 19.1. The Labute approximate surface area is 118 Å². The summed E-state index contributed by atoms with van der Waals surface area (Å²) in [6.07, 6.45) is 1.06. The highest BCUT2D eigenvalue weighted by Gasteiger charge is 2.09. The van der Waals surface area contributed by atoms with Gasteiger partial charge in [0, 0.05) is 12.1 Å². The Morgan fingerprint density at radius 1 is 1.00 bits per heavy atom. The molecule has 0 radical (unpaired) electrons. The summed E-state index contributed by atoms with van der Waals surface area (Å²) in [7, 11) is 0. The van der Waals surface area contributed by atoms with Crippen molar-refractivity contribution in [3.63, 3.8) is 0 Å². The fraction of sp³-hybridized carbons (Fsp3) is 0.294. The molecular formula is C17H19F2N. The normalized spacial score (nSPS) is 10.8. The topological polar surface area (TPSA) is 12.0 Å². The van der Waals surface area contributed by atoms with Crippen LogP contribution in [0.25, 0.3) is 11.1 Å². The number of halogens is 2. The van der Waals surface area contributed by atoms with E-state index in [1.807, 2.05) is 6.07 Å². The third kappa shape index (κ3) is 3.42. The molecule has 2 aromatic rings. The third-order valence-electron chi connectivity index (χ3n) is 3.27. The zero-order chi connectivity index (χ0) is 14.5. The summed E-state index contributed by atoms with van der Waals surface area (Å²) in [6.45, 7) is 5.54. The van der Waals surface area contributed by atoms with Crippen LogP contribution < -0.4 is 5.32 Å². The van der Waals surface area contributed by atoms with Gasteiger partial charge in [-0.05, 0) is 60.8 Å². The van der Waals surface area contributed by atoms with Crippen molar-refractivity contribution in [1.82, 2.24) is 5.32 Å². The Bertz CT molecular complexity index is 594. The van der Waals surface area contributed by atoms with Crippen LogP contribution in [0.2, 0.25) is 0 Å². The maximum absolute atomic E-state index is 14.0. The number of nitrogens with one attached hydrogen (secondary N) is 1. The summed E-state index contributed by atoms with van der Waals surface area (Å²) in [4.78, 5) is 0. The average Bonchev–Trinajstić information content (AvgIpc) is 2.41. The number of hydrogen-bond acceptors (Lipinski definition) is 1. The Morgan fingerprint density at radius 3 is 2.50 bits per heavy atom. The second-order valence-electron chi connectivity index (χ2n) is 4.95. The summed E-state index contributed by atoms with van der Waals surface area (Å²) in [5, 5.41) is 3.29. The van der Waals surface area contributed by atoms with E-state index >= 15 is 0 Å². The van der Waals surface area contributed by atoms with Crippen molar-refractivity contribution in [1.29, 1.82) is 0 Å². The fourth-order valence-electron chi connectivity index (χ4n) is 2.23. The summed E-state index contributed by atoms with van der Waals surface area (Å²) >= 11 is 0. The largest absolute Gasteiger partial charge is 0.313 e. The van der Waals surface area contributed by atoms with Gasteiger partial charge in [-0.1, -0.05) is 19.1 Å². The predicted octanol–water partition coefficient (Wildman–Crippen LogP) is 4.44. The van der Waals surface area contributed by atoms with Crippen LogP contribution in [0.3, 0.4) is 0 Å². The van der Waals surface area contributed by atoms with E-state index < -0.39 is 0 Å². The SMILES string of the molecule is CCCNCc1ccc(F)c(-c2ccc(F)cc2C)c1. The Hall–Kier alpha value is -1.74. The molecule has 0 fully saturated rings. The molecule has 0 aliphatic carbocycles. The Balaban J connectivity index is 2.32. The molecule has 3 heteroatoms. The molecule has 1 nitrogen and oxygen atoms in total. The minimum absolute atomic E-state index is 0.279.